The molecule has 0 N–H and O–H groups in total. The van der Waals surface area contributed by atoms with E-state index in [4.69, 9.17) is 10.2 Å². The van der Waals surface area contributed by atoms with Crippen LogP contribution in [0.15, 0.2) is 31.8 Å². The minimum atomic E-state index is -0.215. The average Bonchev–Trinajstić information content (AvgIpc) is 3.75. The molecule has 0 atom stereocenters. The number of carbonyl (C=O) groups excluding carboxylic acids is 2. The van der Waals surface area contributed by atoms with Gasteiger partial charge in [0.2, 0.25) is 0 Å². The van der Waals surface area contributed by atoms with Crippen molar-refractivity contribution in [1.82, 2.24) is 19.9 Å². The van der Waals surface area contributed by atoms with E-state index < -0.39 is 0 Å². The molecule has 2 amide bonds. The second-order valence-electron chi connectivity index (χ2n) is 11.0. The van der Waals surface area contributed by atoms with Crippen molar-refractivity contribution in [3.8, 4) is 20.9 Å². The first-order valence-corrected chi connectivity index (χ1v) is 18.5. The number of hydrogen-bond donors (Lipinski definition) is 0. The highest BCUT2D eigenvalue weighted by Gasteiger charge is 2.43. The molecule has 0 saturated carbocycles. The lowest BCUT2D eigenvalue weighted by Gasteiger charge is -2.13. The van der Waals surface area contributed by atoms with Gasteiger partial charge in [0.25, 0.3) is 11.8 Å². The zero-order valence-electron chi connectivity index (χ0n) is 24.4. The molecule has 0 saturated heterocycles. The molecule has 0 spiro atoms. The Labute approximate surface area is 273 Å². The van der Waals surface area contributed by atoms with E-state index in [9.17, 15) is 9.59 Å². The van der Waals surface area contributed by atoms with Crippen LogP contribution in [0.25, 0.3) is 31.9 Å². The maximum absolute atomic E-state index is 14.1. The number of hydrogen-bond acceptors (Lipinski definition) is 6. The van der Waals surface area contributed by atoms with Crippen LogP contribution in [-0.2, 0) is 6.54 Å². The maximum atomic E-state index is 14.1. The number of aromatic nitrogens is 3. The molecule has 0 bridgehead atoms. The van der Waals surface area contributed by atoms with Crippen molar-refractivity contribution in [2.75, 3.05) is 6.54 Å². The summed E-state index contributed by atoms with van der Waals surface area (Å²) in [5, 5.41) is 10.00. The molecule has 10 heteroatoms. The van der Waals surface area contributed by atoms with Gasteiger partial charge in [0, 0.05) is 27.4 Å². The number of amides is 2. The summed E-state index contributed by atoms with van der Waals surface area (Å²) in [5.74, 6) is -0.431. The zero-order chi connectivity index (χ0) is 29.6. The van der Waals surface area contributed by atoms with E-state index in [1.807, 2.05) is 24.3 Å². The van der Waals surface area contributed by atoms with Crippen LogP contribution in [0.3, 0.4) is 0 Å². The number of aryl methyl sites for hydroxylation is 1. The number of thiophene rings is 2. The van der Waals surface area contributed by atoms with Crippen molar-refractivity contribution in [3.05, 3.63) is 43.0 Å². The summed E-state index contributed by atoms with van der Waals surface area (Å²) in [7, 11) is 0. The van der Waals surface area contributed by atoms with Gasteiger partial charge in [-0.15, -0.1) is 22.7 Å². The van der Waals surface area contributed by atoms with Crippen molar-refractivity contribution in [1.29, 1.82) is 0 Å². The highest BCUT2D eigenvalue weighted by atomic mass is 79.9. The summed E-state index contributed by atoms with van der Waals surface area (Å²) < 4.78 is 1.93. The van der Waals surface area contributed by atoms with E-state index in [1.165, 1.54) is 49.8 Å². The van der Waals surface area contributed by atoms with E-state index in [0.29, 0.717) is 35.2 Å². The predicted octanol–water partition coefficient (Wildman–Crippen LogP) is 10.7. The molecule has 224 valence electrons. The number of fused-ring (bicyclic) bond motifs is 2. The Kier molecular flexibility index (Phi) is 11.1. The van der Waals surface area contributed by atoms with Crippen LogP contribution in [0.2, 0.25) is 0 Å². The van der Waals surface area contributed by atoms with Crippen LogP contribution < -0.4 is 0 Å². The van der Waals surface area contributed by atoms with Gasteiger partial charge in [0.15, 0.2) is 0 Å². The molecule has 1 aliphatic rings. The fraction of sp³-hybridized carbons (Fsp3) is 0.500. The van der Waals surface area contributed by atoms with Gasteiger partial charge < -0.3 is 0 Å². The standard InChI is InChI=1S/C32H38Br2N4O2S2/c1-3-5-7-9-11-13-19-37-31(39)27-25(21-15-17-23(33)41-21)29-30(36-38(35-29)20-14-12-10-8-6-4-2)26(28(27)32(37)40)22-16-18-24(34)42-22/h15-18H,3-14,19-20H2,1-2H3. The Morgan fingerprint density at radius 2 is 1.02 bits per heavy atom. The molecule has 6 nitrogen and oxygen atoms in total. The van der Waals surface area contributed by atoms with Crippen molar-refractivity contribution < 1.29 is 9.59 Å². The summed E-state index contributed by atoms with van der Waals surface area (Å²) in [6.45, 7) is 5.57. The molecule has 3 aromatic heterocycles. The van der Waals surface area contributed by atoms with E-state index in [0.717, 1.165) is 60.6 Å². The zero-order valence-corrected chi connectivity index (χ0v) is 29.2. The SMILES string of the molecule is CCCCCCCCN1C(=O)c2c(c(-c3ccc(Br)s3)c3nn(CCCCCCCC)nc3c2-c2ccc(Br)s2)C1=O. The van der Waals surface area contributed by atoms with Gasteiger partial charge in [-0.05, 0) is 69.0 Å². The first-order chi connectivity index (χ1) is 20.4. The third-order valence-corrected chi connectivity index (χ3v) is 11.2. The van der Waals surface area contributed by atoms with Gasteiger partial charge in [-0.2, -0.15) is 15.0 Å². The number of unbranched alkanes of at least 4 members (excludes halogenated alkanes) is 10. The first-order valence-electron chi connectivity index (χ1n) is 15.3. The molecule has 4 aromatic rings. The van der Waals surface area contributed by atoms with Crippen LogP contribution in [0, 0.1) is 0 Å². The number of benzene rings is 1. The molecule has 0 aliphatic carbocycles. The first kappa shape index (κ1) is 31.5. The molecule has 0 unspecified atom stereocenters. The van der Waals surface area contributed by atoms with Gasteiger partial charge in [-0.25, -0.2) is 0 Å². The lowest BCUT2D eigenvalue weighted by molar-refractivity contribution is 0.0652. The normalized spacial score (nSPS) is 13.2. The molecule has 0 fully saturated rings. The van der Waals surface area contributed by atoms with E-state index in [2.05, 4.69) is 45.7 Å². The molecular formula is C32H38Br2N4O2S2. The topological polar surface area (TPSA) is 68.1 Å². The predicted molar refractivity (Wildman–Crippen MR) is 182 cm³/mol. The van der Waals surface area contributed by atoms with Crippen molar-refractivity contribution in [2.45, 2.75) is 97.4 Å². The Balaban J connectivity index is 1.58. The Morgan fingerprint density at radius 1 is 0.595 bits per heavy atom. The summed E-state index contributed by atoms with van der Waals surface area (Å²) >= 11 is 10.3. The Morgan fingerprint density at radius 3 is 1.45 bits per heavy atom. The van der Waals surface area contributed by atoms with Crippen LogP contribution >= 0.6 is 54.5 Å². The van der Waals surface area contributed by atoms with Crippen LogP contribution in [0.1, 0.15) is 112 Å². The summed E-state index contributed by atoms with van der Waals surface area (Å²) in [4.78, 5) is 33.4. The molecule has 5 rings (SSSR count). The highest BCUT2D eigenvalue weighted by molar-refractivity contribution is 9.11. The van der Waals surface area contributed by atoms with Gasteiger partial charge in [0.05, 0.1) is 25.2 Å². The molecule has 1 aliphatic heterocycles. The molecule has 1 aromatic carbocycles. The Hall–Kier alpha value is -1.88. The average molecular weight is 735 g/mol. The van der Waals surface area contributed by atoms with Crippen molar-refractivity contribution in [2.24, 2.45) is 0 Å². The van der Waals surface area contributed by atoms with Crippen LogP contribution in [0.5, 0.6) is 0 Å². The minimum absolute atomic E-state index is 0.215. The maximum Gasteiger partial charge on any atom is 0.262 e. The fourth-order valence-electron chi connectivity index (χ4n) is 5.73. The van der Waals surface area contributed by atoms with Gasteiger partial charge in [-0.1, -0.05) is 78.1 Å². The van der Waals surface area contributed by atoms with Gasteiger partial charge in [-0.3, -0.25) is 14.5 Å². The smallest absolute Gasteiger partial charge is 0.262 e. The van der Waals surface area contributed by atoms with E-state index >= 15 is 0 Å². The van der Waals surface area contributed by atoms with E-state index in [1.54, 1.807) is 27.5 Å². The van der Waals surface area contributed by atoms with Crippen molar-refractivity contribution in [3.63, 3.8) is 0 Å². The van der Waals surface area contributed by atoms with Crippen LogP contribution in [-0.4, -0.2) is 38.3 Å². The number of nitrogens with zero attached hydrogens (tertiary/aromatic N) is 4. The third kappa shape index (κ3) is 6.76. The largest absolute Gasteiger partial charge is 0.274 e. The number of rotatable bonds is 16. The number of imide groups is 1. The second-order valence-corrected chi connectivity index (χ2v) is 15.9. The Bertz CT molecular complexity index is 1460. The molecule has 42 heavy (non-hydrogen) atoms. The molecule has 4 heterocycles. The summed E-state index contributed by atoms with van der Waals surface area (Å²) in [6.07, 6.45) is 13.7. The lowest BCUT2D eigenvalue weighted by Crippen LogP contribution is -2.30. The number of halogens is 2. The van der Waals surface area contributed by atoms with Gasteiger partial charge in [0.1, 0.15) is 11.0 Å². The van der Waals surface area contributed by atoms with Crippen molar-refractivity contribution >= 4 is 77.4 Å². The lowest BCUT2D eigenvalue weighted by atomic mass is 9.93. The second kappa shape index (κ2) is 14.7. The van der Waals surface area contributed by atoms with E-state index in [-0.39, 0.29) is 11.8 Å². The third-order valence-electron chi connectivity index (χ3n) is 7.88. The summed E-state index contributed by atoms with van der Waals surface area (Å²) in [6, 6.07) is 7.98. The quantitative estimate of drug-likeness (QED) is 0.0849. The number of carbonyl (C=O) groups is 2. The highest BCUT2D eigenvalue weighted by Crippen LogP contribution is 2.48. The van der Waals surface area contributed by atoms with Gasteiger partial charge >= 0.3 is 0 Å². The summed E-state index contributed by atoms with van der Waals surface area (Å²) in [5.41, 5.74) is 3.78. The molecule has 0 radical (unpaired) electrons. The minimum Gasteiger partial charge on any atom is -0.274 e. The van der Waals surface area contributed by atoms with Crippen LogP contribution in [0.4, 0.5) is 0 Å². The molecular weight excluding hydrogens is 696 g/mol. The fourth-order valence-corrected chi connectivity index (χ4v) is 8.60. The monoisotopic (exact) mass is 732 g/mol.